The van der Waals surface area contributed by atoms with E-state index < -0.39 is 0 Å². The summed E-state index contributed by atoms with van der Waals surface area (Å²) in [5.74, 6) is 0.995. The van der Waals surface area contributed by atoms with Gasteiger partial charge in [-0.05, 0) is 51.3 Å². The van der Waals surface area contributed by atoms with Crippen LogP contribution in [0, 0.1) is 6.92 Å². The van der Waals surface area contributed by atoms with Crippen molar-refractivity contribution in [2.75, 3.05) is 18.0 Å². The van der Waals surface area contributed by atoms with Crippen molar-refractivity contribution in [3.8, 4) is 11.3 Å². The standard InChI is InChI=1S/C20H26ClN5/c1-6-14-10-16(25(7-2)8-3)22-11-15(14)18-19(21)24-20-17(23-18)13(5)12-26(20)9-4/h10-12H,6-9H2,1-5H3. The smallest absolute Gasteiger partial charge is 0.160 e. The lowest BCUT2D eigenvalue weighted by Crippen LogP contribution is -2.23. The summed E-state index contributed by atoms with van der Waals surface area (Å²) >= 11 is 6.54. The van der Waals surface area contributed by atoms with Gasteiger partial charge in [-0.1, -0.05) is 18.5 Å². The highest BCUT2D eigenvalue weighted by Crippen LogP contribution is 2.32. The highest BCUT2D eigenvalue weighted by atomic mass is 35.5. The number of halogens is 1. The number of aromatic nitrogens is 4. The van der Waals surface area contributed by atoms with Crippen LogP contribution in [0.5, 0.6) is 0 Å². The average Bonchev–Trinajstić information content (AvgIpc) is 2.97. The van der Waals surface area contributed by atoms with Crippen LogP contribution in [-0.2, 0) is 13.0 Å². The van der Waals surface area contributed by atoms with E-state index in [9.17, 15) is 0 Å². The van der Waals surface area contributed by atoms with E-state index in [1.165, 1.54) is 5.56 Å². The number of pyridine rings is 1. The predicted octanol–water partition coefficient (Wildman–Crippen LogP) is 4.88. The van der Waals surface area contributed by atoms with Crippen LogP contribution < -0.4 is 4.90 Å². The average molecular weight is 372 g/mol. The minimum atomic E-state index is 0.428. The van der Waals surface area contributed by atoms with Crippen LogP contribution in [-0.4, -0.2) is 32.6 Å². The first-order valence-electron chi connectivity index (χ1n) is 9.31. The summed E-state index contributed by atoms with van der Waals surface area (Å²) in [6.45, 7) is 13.3. The first kappa shape index (κ1) is 18.6. The molecule has 26 heavy (non-hydrogen) atoms. The van der Waals surface area contributed by atoms with Crippen molar-refractivity contribution in [2.24, 2.45) is 0 Å². The molecule has 0 spiro atoms. The van der Waals surface area contributed by atoms with Gasteiger partial charge in [-0.2, -0.15) is 0 Å². The Bertz CT molecular complexity index is 928. The molecular weight excluding hydrogens is 346 g/mol. The van der Waals surface area contributed by atoms with Gasteiger partial charge in [-0.25, -0.2) is 15.0 Å². The fourth-order valence-electron chi connectivity index (χ4n) is 3.35. The second kappa shape index (κ2) is 7.62. The number of rotatable bonds is 6. The zero-order chi connectivity index (χ0) is 18.8. The zero-order valence-corrected chi connectivity index (χ0v) is 16.9. The molecule has 0 aliphatic heterocycles. The molecule has 6 heteroatoms. The summed E-state index contributed by atoms with van der Waals surface area (Å²) in [5, 5.41) is 0.428. The number of fused-ring (bicyclic) bond motifs is 1. The molecule has 0 saturated carbocycles. The van der Waals surface area contributed by atoms with E-state index >= 15 is 0 Å². The molecular formula is C20H26ClN5. The third kappa shape index (κ3) is 3.16. The number of anilines is 1. The van der Waals surface area contributed by atoms with Crippen LogP contribution >= 0.6 is 11.6 Å². The Balaban J connectivity index is 2.16. The molecule has 3 heterocycles. The summed E-state index contributed by atoms with van der Waals surface area (Å²) in [6, 6.07) is 2.15. The maximum absolute atomic E-state index is 6.54. The Kier molecular flexibility index (Phi) is 5.47. The molecule has 0 bridgehead atoms. The number of nitrogens with zero attached hydrogens (tertiary/aromatic N) is 5. The topological polar surface area (TPSA) is 46.8 Å². The summed E-state index contributed by atoms with van der Waals surface area (Å²) in [7, 11) is 0. The monoisotopic (exact) mass is 371 g/mol. The molecule has 3 aromatic heterocycles. The largest absolute Gasteiger partial charge is 0.357 e. The molecule has 3 aromatic rings. The Labute approximate surface area is 160 Å². The van der Waals surface area contributed by atoms with Crippen LogP contribution in [0.15, 0.2) is 18.5 Å². The van der Waals surface area contributed by atoms with Crippen LogP contribution in [0.2, 0.25) is 5.15 Å². The molecule has 0 saturated heterocycles. The minimum absolute atomic E-state index is 0.428. The van der Waals surface area contributed by atoms with Gasteiger partial charge < -0.3 is 9.47 Å². The first-order valence-corrected chi connectivity index (χ1v) is 9.68. The van der Waals surface area contributed by atoms with Gasteiger partial charge in [-0.15, -0.1) is 0 Å². The van der Waals surface area contributed by atoms with Crippen LogP contribution in [0.25, 0.3) is 22.4 Å². The zero-order valence-electron chi connectivity index (χ0n) is 16.2. The first-order chi connectivity index (χ1) is 12.5. The van der Waals surface area contributed by atoms with E-state index in [1.54, 1.807) is 0 Å². The van der Waals surface area contributed by atoms with Crippen molar-refractivity contribution in [3.63, 3.8) is 0 Å². The lowest BCUT2D eigenvalue weighted by Gasteiger charge is -2.21. The minimum Gasteiger partial charge on any atom is -0.357 e. The summed E-state index contributed by atoms with van der Waals surface area (Å²) in [4.78, 5) is 16.4. The fourth-order valence-corrected chi connectivity index (χ4v) is 3.57. The second-order valence-corrected chi connectivity index (χ2v) is 6.72. The molecule has 0 amide bonds. The fraction of sp³-hybridized carbons (Fsp3) is 0.450. The Morgan fingerprint density at radius 3 is 2.46 bits per heavy atom. The molecule has 138 valence electrons. The van der Waals surface area contributed by atoms with Gasteiger partial charge in [0.2, 0.25) is 0 Å². The van der Waals surface area contributed by atoms with Gasteiger partial charge in [0, 0.05) is 37.6 Å². The van der Waals surface area contributed by atoms with Gasteiger partial charge in [0.15, 0.2) is 10.8 Å². The van der Waals surface area contributed by atoms with Crippen molar-refractivity contribution in [1.82, 2.24) is 19.5 Å². The van der Waals surface area contributed by atoms with Crippen molar-refractivity contribution < 1.29 is 0 Å². The van der Waals surface area contributed by atoms with Gasteiger partial charge in [0.1, 0.15) is 17.0 Å². The van der Waals surface area contributed by atoms with E-state index in [0.29, 0.717) is 10.8 Å². The van der Waals surface area contributed by atoms with Gasteiger partial charge >= 0.3 is 0 Å². The molecule has 0 fully saturated rings. The van der Waals surface area contributed by atoms with E-state index in [0.717, 1.165) is 54.2 Å². The molecule has 0 aliphatic carbocycles. The van der Waals surface area contributed by atoms with E-state index in [-0.39, 0.29) is 0 Å². The SMILES string of the molecule is CCc1cc(N(CC)CC)ncc1-c1nc2c(C)cn(CC)c2nc1Cl. The van der Waals surface area contributed by atoms with Crippen molar-refractivity contribution >= 4 is 28.6 Å². The molecule has 0 unspecified atom stereocenters. The van der Waals surface area contributed by atoms with Gasteiger partial charge in [0.05, 0.1) is 0 Å². The quantitative estimate of drug-likeness (QED) is 0.619. The number of hydrogen-bond donors (Lipinski definition) is 0. The lowest BCUT2D eigenvalue weighted by molar-refractivity contribution is 0.785. The van der Waals surface area contributed by atoms with Gasteiger partial charge in [-0.3, -0.25) is 0 Å². The normalized spacial score (nSPS) is 11.3. The second-order valence-electron chi connectivity index (χ2n) is 6.36. The van der Waals surface area contributed by atoms with Gasteiger partial charge in [0.25, 0.3) is 0 Å². The Morgan fingerprint density at radius 2 is 1.85 bits per heavy atom. The molecule has 0 radical (unpaired) electrons. The number of aryl methyl sites for hydroxylation is 3. The molecule has 0 atom stereocenters. The molecule has 3 rings (SSSR count). The van der Waals surface area contributed by atoms with Crippen LogP contribution in [0.4, 0.5) is 5.82 Å². The van der Waals surface area contributed by atoms with E-state index in [1.807, 2.05) is 6.20 Å². The van der Waals surface area contributed by atoms with Crippen molar-refractivity contribution in [2.45, 2.75) is 47.6 Å². The maximum Gasteiger partial charge on any atom is 0.160 e. The lowest BCUT2D eigenvalue weighted by atomic mass is 10.0. The highest BCUT2D eigenvalue weighted by Gasteiger charge is 2.17. The highest BCUT2D eigenvalue weighted by molar-refractivity contribution is 6.32. The summed E-state index contributed by atoms with van der Waals surface area (Å²) in [6.07, 6.45) is 4.85. The maximum atomic E-state index is 6.54. The molecule has 0 N–H and O–H groups in total. The molecule has 0 aliphatic rings. The number of hydrogen-bond acceptors (Lipinski definition) is 4. The van der Waals surface area contributed by atoms with Crippen LogP contribution in [0.3, 0.4) is 0 Å². The van der Waals surface area contributed by atoms with Crippen LogP contribution in [0.1, 0.15) is 38.8 Å². The van der Waals surface area contributed by atoms with E-state index in [4.69, 9.17) is 16.6 Å². The molecule has 0 aromatic carbocycles. The summed E-state index contributed by atoms with van der Waals surface area (Å²) < 4.78 is 2.08. The predicted molar refractivity (Wildman–Crippen MR) is 109 cm³/mol. The van der Waals surface area contributed by atoms with Crippen molar-refractivity contribution in [1.29, 1.82) is 0 Å². The van der Waals surface area contributed by atoms with Crippen molar-refractivity contribution in [3.05, 3.63) is 34.7 Å². The van der Waals surface area contributed by atoms with E-state index in [2.05, 4.69) is 66.3 Å². The third-order valence-corrected chi connectivity index (χ3v) is 5.13. The molecule has 5 nitrogen and oxygen atoms in total. The summed E-state index contributed by atoms with van der Waals surface area (Å²) in [5.41, 5.74) is 5.71. The Morgan fingerprint density at radius 1 is 1.12 bits per heavy atom. The third-order valence-electron chi connectivity index (χ3n) is 4.87. The Hall–Kier alpha value is -2.14.